The second-order valence-corrected chi connectivity index (χ2v) is 2.78. The van der Waals surface area contributed by atoms with E-state index in [-0.39, 0.29) is 0 Å². The maximum atomic E-state index is 3.68. The zero-order valence-electron chi connectivity index (χ0n) is 6.72. The molecule has 0 heterocycles. The van der Waals surface area contributed by atoms with Crippen molar-refractivity contribution in [3.05, 3.63) is 36.0 Å². The molecule has 0 aromatic heterocycles. The summed E-state index contributed by atoms with van der Waals surface area (Å²) in [5.74, 6) is 0.754. The van der Waals surface area contributed by atoms with Crippen LogP contribution in [0.1, 0.15) is 20.3 Å². The molecule has 0 spiro atoms. The van der Waals surface area contributed by atoms with Crippen molar-refractivity contribution in [1.82, 2.24) is 0 Å². The Balaban J connectivity index is 2.74. The molecule has 1 unspecified atom stereocenters. The Bertz CT molecular complexity index is 194. The number of hydrogen-bond donors (Lipinski definition) is 0. The quantitative estimate of drug-likeness (QED) is 0.517. The predicted octanol–water partition coefficient (Wildman–Crippen LogP) is 3.08. The Kier molecular flexibility index (Phi) is 2.10. The molecule has 10 heavy (non-hydrogen) atoms. The molecule has 54 valence electrons. The Hall–Kier alpha value is -0.780. The zero-order chi connectivity index (χ0) is 7.56. The summed E-state index contributed by atoms with van der Waals surface area (Å²) < 4.78 is 0. The highest BCUT2D eigenvalue weighted by Gasteiger charge is 2.23. The predicted molar refractivity (Wildman–Crippen MR) is 45.8 cm³/mol. The van der Waals surface area contributed by atoms with Crippen molar-refractivity contribution in [1.29, 1.82) is 0 Å². The minimum atomic E-state index is 0.754. The van der Waals surface area contributed by atoms with Crippen molar-refractivity contribution in [2.75, 3.05) is 0 Å². The molecule has 1 fully saturated rings. The highest BCUT2D eigenvalue weighted by Crippen LogP contribution is 2.38. The summed E-state index contributed by atoms with van der Waals surface area (Å²) in [5, 5.41) is 0. The smallest absolute Gasteiger partial charge is 0.0147 e. The van der Waals surface area contributed by atoms with Crippen LogP contribution < -0.4 is 0 Å². The van der Waals surface area contributed by atoms with E-state index >= 15 is 0 Å². The summed E-state index contributed by atoms with van der Waals surface area (Å²) in [6.07, 6.45) is 7.42. The van der Waals surface area contributed by atoms with Crippen LogP contribution in [-0.4, -0.2) is 0 Å². The van der Waals surface area contributed by atoms with Gasteiger partial charge in [-0.2, -0.15) is 0 Å². The maximum absolute atomic E-state index is 3.68. The molecule has 0 aromatic carbocycles. The molecule has 1 saturated carbocycles. The standard InChI is InChI=1S/C10H14/c1-4-6-10-8(3)7-9(10)5-2/h4-6,8H,1,7H2,2-3H3/b9-5-,10-6?. The fourth-order valence-electron chi connectivity index (χ4n) is 1.43. The van der Waals surface area contributed by atoms with Crippen LogP contribution in [-0.2, 0) is 0 Å². The fourth-order valence-corrected chi connectivity index (χ4v) is 1.43. The second-order valence-electron chi connectivity index (χ2n) is 2.78. The van der Waals surface area contributed by atoms with Crippen LogP contribution in [0.3, 0.4) is 0 Å². The van der Waals surface area contributed by atoms with Crippen LogP contribution in [0, 0.1) is 5.92 Å². The average molecular weight is 134 g/mol. The van der Waals surface area contributed by atoms with E-state index < -0.39 is 0 Å². The number of allylic oxidation sites excluding steroid dienone is 5. The van der Waals surface area contributed by atoms with Gasteiger partial charge in [0, 0.05) is 0 Å². The number of hydrogen-bond acceptors (Lipinski definition) is 0. The largest absolute Gasteiger partial charge is 0.0991 e. The van der Waals surface area contributed by atoms with Crippen molar-refractivity contribution in [3.63, 3.8) is 0 Å². The molecule has 1 aliphatic rings. The Morgan fingerprint density at radius 2 is 2.30 bits per heavy atom. The van der Waals surface area contributed by atoms with Crippen molar-refractivity contribution < 1.29 is 0 Å². The lowest BCUT2D eigenvalue weighted by Crippen LogP contribution is -2.15. The molecule has 0 nitrogen and oxygen atoms in total. The van der Waals surface area contributed by atoms with Gasteiger partial charge in [-0.3, -0.25) is 0 Å². The lowest BCUT2D eigenvalue weighted by atomic mass is 9.75. The molecule has 0 aromatic rings. The first-order valence-corrected chi connectivity index (χ1v) is 3.77. The van der Waals surface area contributed by atoms with Crippen LogP contribution in [0.5, 0.6) is 0 Å². The summed E-state index contributed by atoms with van der Waals surface area (Å²) in [6.45, 7) is 8.03. The molecule has 0 saturated heterocycles. The minimum Gasteiger partial charge on any atom is -0.0991 e. The molecule has 0 radical (unpaired) electrons. The van der Waals surface area contributed by atoms with Crippen LogP contribution in [0.15, 0.2) is 36.0 Å². The van der Waals surface area contributed by atoms with Gasteiger partial charge in [-0.25, -0.2) is 0 Å². The third kappa shape index (κ3) is 1.06. The third-order valence-electron chi connectivity index (χ3n) is 2.07. The van der Waals surface area contributed by atoms with E-state index in [1.807, 2.05) is 6.08 Å². The molecular weight excluding hydrogens is 120 g/mol. The van der Waals surface area contributed by atoms with Gasteiger partial charge in [-0.1, -0.05) is 31.7 Å². The molecule has 1 aliphatic carbocycles. The first-order chi connectivity index (χ1) is 4.79. The van der Waals surface area contributed by atoms with Crippen molar-refractivity contribution in [2.45, 2.75) is 20.3 Å². The first-order valence-electron chi connectivity index (χ1n) is 3.77. The summed E-state index contributed by atoms with van der Waals surface area (Å²) in [7, 11) is 0. The molecular formula is C10H14. The summed E-state index contributed by atoms with van der Waals surface area (Å²) in [5.41, 5.74) is 2.96. The molecule has 0 aliphatic heterocycles. The van der Waals surface area contributed by atoms with Crippen molar-refractivity contribution in [3.8, 4) is 0 Å². The van der Waals surface area contributed by atoms with Gasteiger partial charge in [-0.05, 0) is 30.4 Å². The summed E-state index contributed by atoms with van der Waals surface area (Å²) in [6, 6.07) is 0. The summed E-state index contributed by atoms with van der Waals surface area (Å²) in [4.78, 5) is 0. The SMILES string of the molecule is C=CC=C1/C(=C\C)CC1C. The average Bonchev–Trinajstić information content (AvgIpc) is 1.95. The second kappa shape index (κ2) is 2.87. The van der Waals surface area contributed by atoms with Gasteiger partial charge in [0.15, 0.2) is 0 Å². The molecule has 0 bridgehead atoms. The topological polar surface area (TPSA) is 0 Å². The van der Waals surface area contributed by atoms with E-state index in [0.29, 0.717) is 0 Å². The summed E-state index contributed by atoms with van der Waals surface area (Å²) >= 11 is 0. The van der Waals surface area contributed by atoms with Crippen LogP contribution in [0.4, 0.5) is 0 Å². The van der Waals surface area contributed by atoms with Gasteiger partial charge in [-0.15, -0.1) is 0 Å². The Morgan fingerprint density at radius 1 is 1.60 bits per heavy atom. The molecule has 1 rings (SSSR count). The minimum absolute atomic E-state index is 0.754. The van der Waals surface area contributed by atoms with Gasteiger partial charge in [0.05, 0.1) is 0 Å². The highest BCUT2D eigenvalue weighted by molar-refractivity contribution is 5.43. The molecule has 0 N–H and O–H groups in total. The van der Waals surface area contributed by atoms with Crippen molar-refractivity contribution >= 4 is 0 Å². The number of rotatable bonds is 1. The highest BCUT2D eigenvalue weighted by atomic mass is 14.3. The molecule has 1 atom stereocenters. The lowest BCUT2D eigenvalue weighted by molar-refractivity contribution is 0.590. The third-order valence-corrected chi connectivity index (χ3v) is 2.07. The van der Waals surface area contributed by atoms with Gasteiger partial charge >= 0.3 is 0 Å². The van der Waals surface area contributed by atoms with Gasteiger partial charge in [0.25, 0.3) is 0 Å². The van der Waals surface area contributed by atoms with Gasteiger partial charge < -0.3 is 0 Å². The fraction of sp³-hybridized carbons (Fsp3) is 0.400. The van der Waals surface area contributed by atoms with Crippen LogP contribution in [0.2, 0.25) is 0 Å². The van der Waals surface area contributed by atoms with Gasteiger partial charge in [0.2, 0.25) is 0 Å². The van der Waals surface area contributed by atoms with Crippen LogP contribution >= 0.6 is 0 Å². The van der Waals surface area contributed by atoms with E-state index in [0.717, 1.165) is 5.92 Å². The normalized spacial score (nSPS) is 32.4. The van der Waals surface area contributed by atoms with E-state index in [1.165, 1.54) is 17.6 Å². The Morgan fingerprint density at radius 3 is 2.70 bits per heavy atom. The lowest BCUT2D eigenvalue weighted by Gasteiger charge is -2.29. The zero-order valence-corrected chi connectivity index (χ0v) is 6.72. The maximum Gasteiger partial charge on any atom is -0.0147 e. The molecule has 0 amide bonds. The van der Waals surface area contributed by atoms with E-state index in [1.54, 1.807) is 0 Å². The van der Waals surface area contributed by atoms with E-state index in [9.17, 15) is 0 Å². The monoisotopic (exact) mass is 134 g/mol. The van der Waals surface area contributed by atoms with Gasteiger partial charge in [0.1, 0.15) is 0 Å². The first kappa shape index (κ1) is 7.33. The van der Waals surface area contributed by atoms with E-state index in [2.05, 4.69) is 32.6 Å². The van der Waals surface area contributed by atoms with Crippen LogP contribution in [0.25, 0.3) is 0 Å². The van der Waals surface area contributed by atoms with Crippen molar-refractivity contribution in [2.24, 2.45) is 5.92 Å². The Labute approximate surface area is 62.9 Å². The molecule has 0 heteroatoms. The van der Waals surface area contributed by atoms with E-state index in [4.69, 9.17) is 0 Å².